The summed E-state index contributed by atoms with van der Waals surface area (Å²) in [6.45, 7) is 3.75. The average molecular weight is 205 g/mol. The van der Waals surface area contributed by atoms with Gasteiger partial charge in [-0.15, -0.1) is 0 Å². The Bertz CT molecular complexity index is 420. The molecule has 4 nitrogen and oxygen atoms in total. The van der Waals surface area contributed by atoms with Crippen molar-refractivity contribution in [1.29, 1.82) is 0 Å². The van der Waals surface area contributed by atoms with Crippen molar-refractivity contribution in [3.05, 3.63) is 23.8 Å². The zero-order valence-electron chi connectivity index (χ0n) is 8.61. The highest BCUT2D eigenvalue weighted by atomic mass is 16.5. The van der Waals surface area contributed by atoms with E-state index in [0.29, 0.717) is 23.6 Å². The van der Waals surface area contributed by atoms with Gasteiger partial charge in [-0.2, -0.15) is 4.99 Å². The molecular formula is C11H11NO3. The van der Waals surface area contributed by atoms with Crippen LogP contribution in [0, 0.1) is 0 Å². The van der Waals surface area contributed by atoms with Crippen LogP contribution in [0.2, 0.25) is 0 Å². The normalized spacial score (nSPS) is 9.20. The lowest BCUT2D eigenvalue weighted by Crippen LogP contribution is -1.95. The summed E-state index contributed by atoms with van der Waals surface area (Å²) in [4.78, 5) is 24.8. The molecule has 1 rings (SSSR count). The number of rotatable bonds is 4. The fourth-order valence-electron chi connectivity index (χ4n) is 1.15. The van der Waals surface area contributed by atoms with Gasteiger partial charge in [-0.25, -0.2) is 4.79 Å². The van der Waals surface area contributed by atoms with E-state index in [2.05, 4.69) is 4.99 Å². The van der Waals surface area contributed by atoms with E-state index < -0.39 is 0 Å². The molecule has 78 valence electrons. The van der Waals surface area contributed by atoms with Crippen LogP contribution in [0.15, 0.2) is 23.2 Å². The van der Waals surface area contributed by atoms with E-state index in [1.165, 1.54) is 19.1 Å². The maximum absolute atomic E-state index is 11.1. The van der Waals surface area contributed by atoms with Gasteiger partial charge in [0.15, 0.2) is 5.78 Å². The van der Waals surface area contributed by atoms with Gasteiger partial charge in [-0.1, -0.05) is 0 Å². The van der Waals surface area contributed by atoms with Crippen LogP contribution in [0.3, 0.4) is 0 Å². The zero-order valence-corrected chi connectivity index (χ0v) is 8.61. The van der Waals surface area contributed by atoms with Crippen LogP contribution in [0.5, 0.6) is 5.75 Å². The van der Waals surface area contributed by atoms with E-state index in [0.717, 1.165) is 0 Å². The Balaban J connectivity index is 3.19. The Hall–Kier alpha value is -1.93. The Labute approximate surface area is 87.6 Å². The van der Waals surface area contributed by atoms with Gasteiger partial charge in [-0.3, -0.25) is 4.79 Å². The molecule has 0 radical (unpaired) electrons. The summed E-state index contributed by atoms with van der Waals surface area (Å²) >= 11 is 0. The number of ether oxygens (including phenoxy) is 1. The van der Waals surface area contributed by atoms with Gasteiger partial charge in [0.2, 0.25) is 6.08 Å². The first kappa shape index (κ1) is 11.1. The second kappa shape index (κ2) is 5.08. The molecule has 0 fully saturated rings. The minimum atomic E-state index is -0.0830. The van der Waals surface area contributed by atoms with Crippen LogP contribution < -0.4 is 4.74 Å². The Kier molecular flexibility index (Phi) is 3.77. The maximum atomic E-state index is 11.1. The van der Waals surface area contributed by atoms with E-state index >= 15 is 0 Å². The van der Waals surface area contributed by atoms with Gasteiger partial charge < -0.3 is 4.74 Å². The van der Waals surface area contributed by atoms with Gasteiger partial charge in [0.25, 0.3) is 0 Å². The number of nitrogens with zero attached hydrogens (tertiary/aromatic N) is 1. The van der Waals surface area contributed by atoms with Crippen molar-refractivity contribution < 1.29 is 14.3 Å². The first-order valence-electron chi connectivity index (χ1n) is 4.54. The van der Waals surface area contributed by atoms with Crippen LogP contribution in [0.25, 0.3) is 0 Å². The largest absolute Gasteiger partial charge is 0.492 e. The lowest BCUT2D eigenvalue weighted by molar-refractivity contribution is 0.101. The third kappa shape index (κ3) is 2.76. The van der Waals surface area contributed by atoms with Crippen molar-refractivity contribution in [2.24, 2.45) is 4.99 Å². The van der Waals surface area contributed by atoms with Crippen LogP contribution >= 0.6 is 0 Å². The number of hydrogen-bond acceptors (Lipinski definition) is 4. The molecule has 1 aromatic carbocycles. The first-order valence-corrected chi connectivity index (χ1v) is 4.54. The van der Waals surface area contributed by atoms with Crippen molar-refractivity contribution in [3.63, 3.8) is 0 Å². The molecule has 0 N–H and O–H groups in total. The molecule has 0 spiro atoms. The molecule has 0 amide bonds. The lowest BCUT2D eigenvalue weighted by atomic mass is 10.1. The minimum Gasteiger partial charge on any atom is -0.492 e. The molecule has 0 saturated heterocycles. The molecule has 0 bridgehead atoms. The third-order valence-corrected chi connectivity index (χ3v) is 1.83. The highest BCUT2D eigenvalue weighted by Gasteiger charge is 2.06. The fourth-order valence-corrected chi connectivity index (χ4v) is 1.15. The fraction of sp³-hybridized carbons (Fsp3) is 0.273. The number of benzene rings is 1. The second-order valence-corrected chi connectivity index (χ2v) is 2.87. The number of aliphatic imine (C=N–C) groups is 1. The number of carbonyl (C=O) groups is 1. The Morgan fingerprint density at radius 2 is 2.27 bits per heavy atom. The molecule has 0 aromatic heterocycles. The minimum absolute atomic E-state index is 0.0830. The molecular weight excluding hydrogens is 194 g/mol. The maximum Gasteiger partial charge on any atom is 0.240 e. The number of Topliss-reactive ketones (excluding diaryl/α,β-unsaturated/α-hetero) is 1. The van der Waals surface area contributed by atoms with E-state index in [1.54, 1.807) is 12.1 Å². The number of carbonyl (C=O) groups excluding carboxylic acids is 2. The number of isocyanates is 1. The van der Waals surface area contributed by atoms with Gasteiger partial charge in [-0.05, 0) is 32.0 Å². The summed E-state index contributed by atoms with van der Waals surface area (Å²) in [6, 6.07) is 4.77. The standard InChI is InChI=1S/C11H11NO3/c1-3-15-11-5-4-9(8(2)14)6-10(11)12-7-13/h4-6H,3H2,1-2H3. The molecule has 0 atom stereocenters. The van der Waals surface area contributed by atoms with E-state index in [1.807, 2.05) is 6.92 Å². The van der Waals surface area contributed by atoms with Gasteiger partial charge in [0.1, 0.15) is 11.4 Å². The predicted octanol–water partition coefficient (Wildman–Crippen LogP) is 2.26. The molecule has 15 heavy (non-hydrogen) atoms. The van der Waals surface area contributed by atoms with Gasteiger partial charge in [0.05, 0.1) is 6.61 Å². The van der Waals surface area contributed by atoms with E-state index in [-0.39, 0.29) is 5.78 Å². The summed E-state index contributed by atoms with van der Waals surface area (Å²) in [5.74, 6) is 0.395. The van der Waals surface area contributed by atoms with Crippen molar-refractivity contribution in [2.75, 3.05) is 6.61 Å². The van der Waals surface area contributed by atoms with E-state index in [4.69, 9.17) is 4.74 Å². The van der Waals surface area contributed by atoms with Crippen molar-refractivity contribution in [2.45, 2.75) is 13.8 Å². The van der Waals surface area contributed by atoms with Crippen LogP contribution in [0.1, 0.15) is 24.2 Å². The Morgan fingerprint density at radius 3 is 2.80 bits per heavy atom. The quantitative estimate of drug-likeness (QED) is 0.430. The molecule has 0 heterocycles. The third-order valence-electron chi connectivity index (χ3n) is 1.83. The summed E-state index contributed by atoms with van der Waals surface area (Å²) in [5.41, 5.74) is 0.826. The highest BCUT2D eigenvalue weighted by molar-refractivity contribution is 5.95. The Morgan fingerprint density at radius 1 is 1.53 bits per heavy atom. The molecule has 0 saturated carbocycles. The van der Waals surface area contributed by atoms with Crippen LogP contribution in [-0.4, -0.2) is 18.5 Å². The average Bonchev–Trinajstić information content (AvgIpc) is 2.21. The zero-order chi connectivity index (χ0) is 11.3. The van der Waals surface area contributed by atoms with Crippen LogP contribution in [-0.2, 0) is 4.79 Å². The number of ketones is 1. The molecule has 4 heteroatoms. The smallest absolute Gasteiger partial charge is 0.240 e. The first-order chi connectivity index (χ1) is 7.19. The van der Waals surface area contributed by atoms with Gasteiger partial charge in [0, 0.05) is 5.56 Å². The van der Waals surface area contributed by atoms with E-state index in [9.17, 15) is 9.59 Å². The monoisotopic (exact) mass is 205 g/mol. The molecule has 0 unspecified atom stereocenters. The van der Waals surface area contributed by atoms with Crippen molar-refractivity contribution >= 4 is 17.6 Å². The summed E-state index contributed by atoms with van der Waals surface area (Å²) in [6.07, 6.45) is 1.43. The van der Waals surface area contributed by atoms with Crippen LogP contribution in [0.4, 0.5) is 5.69 Å². The second-order valence-electron chi connectivity index (χ2n) is 2.87. The van der Waals surface area contributed by atoms with Crippen molar-refractivity contribution in [3.8, 4) is 5.75 Å². The lowest BCUT2D eigenvalue weighted by Gasteiger charge is -2.06. The summed E-state index contributed by atoms with van der Waals surface area (Å²) in [7, 11) is 0. The summed E-state index contributed by atoms with van der Waals surface area (Å²) in [5, 5.41) is 0. The summed E-state index contributed by atoms with van der Waals surface area (Å²) < 4.78 is 5.24. The molecule has 0 aliphatic carbocycles. The topological polar surface area (TPSA) is 55.7 Å². The van der Waals surface area contributed by atoms with Gasteiger partial charge >= 0.3 is 0 Å². The predicted molar refractivity (Wildman–Crippen MR) is 55.4 cm³/mol. The van der Waals surface area contributed by atoms with Crippen molar-refractivity contribution in [1.82, 2.24) is 0 Å². The molecule has 1 aromatic rings. The highest BCUT2D eigenvalue weighted by Crippen LogP contribution is 2.28. The SMILES string of the molecule is CCOc1ccc(C(C)=O)cc1N=C=O. The number of hydrogen-bond donors (Lipinski definition) is 0. The molecule has 0 aliphatic heterocycles. The molecule has 0 aliphatic rings.